The maximum Gasteiger partial charge on any atom is 0.188 e. The topological polar surface area (TPSA) is 62.5 Å². The number of nitrogens with zero attached hydrogens (tertiary/aromatic N) is 2. The summed E-state index contributed by atoms with van der Waals surface area (Å²) in [5.74, 6) is -0.130. The van der Waals surface area contributed by atoms with E-state index >= 15 is 0 Å². The predicted octanol–water partition coefficient (Wildman–Crippen LogP) is 2.78. The van der Waals surface area contributed by atoms with Crippen LogP contribution in [-0.2, 0) is 24.3 Å². The molecule has 0 saturated carbocycles. The van der Waals surface area contributed by atoms with E-state index in [0.29, 0.717) is 31.6 Å². The lowest BCUT2D eigenvalue weighted by molar-refractivity contribution is -0.119. The molecule has 0 amide bonds. The summed E-state index contributed by atoms with van der Waals surface area (Å²) in [5, 5.41) is 9.11. The van der Waals surface area contributed by atoms with Crippen LogP contribution in [0, 0.1) is 0 Å². The van der Waals surface area contributed by atoms with Crippen molar-refractivity contribution in [3.8, 4) is 5.69 Å². The highest BCUT2D eigenvalue weighted by Crippen LogP contribution is 2.21. The monoisotopic (exact) mass is 374 g/mol. The van der Waals surface area contributed by atoms with Crippen molar-refractivity contribution in [2.24, 2.45) is 0 Å². The number of aliphatic hydroxyl groups is 1. The second-order valence-corrected chi connectivity index (χ2v) is 7.18. The van der Waals surface area contributed by atoms with Gasteiger partial charge < -0.3 is 9.67 Å². The Morgan fingerprint density at radius 2 is 1.71 bits per heavy atom. The predicted molar refractivity (Wildman–Crippen MR) is 106 cm³/mol. The van der Waals surface area contributed by atoms with Gasteiger partial charge in [-0.3, -0.25) is 14.5 Å². The lowest BCUT2D eigenvalue weighted by Gasteiger charge is -2.20. The van der Waals surface area contributed by atoms with Crippen LogP contribution in [0.2, 0.25) is 0 Å². The van der Waals surface area contributed by atoms with E-state index in [1.54, 1.807) is 6.07 Å². The molecule has 0 spiro atoms. The van der Waals surface area contributed by atoms with Crippen molar-refractivity contribution < 1.29 is 14.7 Å². The SMILES string of the molecule is O=C1Cc2ccc(C(=O)CO)cc2CN(Cc2ccc(-n3cccc3)cc2)C1. The molecule has 1 aromatic heterocycles. The fourth-order valence-corrected chi connectivity index (χ4v) is 3.67. The van der Waals surface area contributed by atoms with Crippen molar-refractivity contribution in [1.82, 2.24) is 9.47 Å². The summed E-state index contributed by atoms with van der Waals surface area (Å²) < 4.78 is 2.05. The Morgan fingerprint density at radius 3 is 2.43 bits per heavy atom. The van der Waals surface area contributed by atoms with E-state index in [-0.39, 0.29) is 11.6 Å². The van der Waals surface area contributed by atoms with Crippen LogP contribution >= 0.6 is 0 Å². The maximum atomic E-state index is 12.4. The molecule has 1 N–H and O–H groups in total. The van der Waals surface area contributed by atoms with Crippen LogP contribution in [0.5, 0.6) is 0 Å². The van der Waals surface area contributed by atoms with E-state index in [1.165, 1.54) is 0 Å². The minimum absolute atomic E-state index is 0.170. The summed E-state index contributed by atoms with van der Waals surface area (Å²) in [5.41, 5.74) is 4.67. The number of aliphatic hydroxyl groups excluding tert-OH is 1. The van der Waals surface area contributed by atoms with Gasteiger partial charge >= 0.3 is 0 Å². The number of ketones is 2. The standard InChI is InChI=1S/C23H22N2O3/c26-16-23(28)19-6-5-18-12-22(27)15-24(14-20(18)11-19)13-17-3-7-21(8-4-17)25-9-1-2-10-25/h1-11,26H,12-16H2. The van der Waals surface area contributed by atoms with Crippen LogP contribution in [0.25, 0.3) is 5.69 Å². The molecule has 28 heavy (non-hydrogen) atoms. The Hall–Kier alpha value is -3.02. The lowest BCUT2D eigenvalue weighted by Crippen LogP contribution is -2.27. The highest BCUT2D eigenvalue weighted by molar-refractivity contribution is 5.97. The Labute approximate surface area is 163 Å². The fourth-order valence-electron chi connectivity index (χ4n) is 3.67. The van der Waals surface area contributed by atoms with E-state index in [9.17, 15) is 9.59 Å². The minimum Gasteiger partial charge on any atom is -0.388 e. The molecular formula is C23H22N2O3. The van der Waals surface area contributed by atoms with Crippen LogP contribution < -0.4 is 0 Å². The van der Waals surface area contributed by atoms with Crippen molar-refractivity contribution in [3.05, 3.63) is 89.2 Å². The minimum atomic E-state index is -0.505. The number of Topliss-reactive ketones (excluding diaryl/α,β-unsaturated/α-hetero) is 2. The van der Waals surface area contributed by atoms with Crippen molar-refractivity contribution in [2.75, 3.05) is 13.2 Å². The molecule has 0 saturated heterocycles. The molecule has 0 radical (unpaired) electrons. The van der Waals surface area contributed by atoms with Gasteiger partial charge in [-0.25, -0.2) is 0 Å². The van der Waals surface area contributed by atoms with Crippen molar-refractivity contribution >= 4 is 11.6 Å². The van der Waals surface area contributed by atoms with Gasteiger partial charge in [0.1, 0.15) is 6.61 Å². The van der Waals surface area contributed by atoms with E-state index in [0.717, 1.165) is 22.4 Å². The van der Waals surface area contributed by atoms with Gasteiger partial charge in [0.2, 0.25) is 0 Å². The van der Waals surface area contributed by atoms with Crippen molar-refractivity contribution in [1.29, 1.82) is 0 Å². The number of carbonyl (C=O) groups is 2. The van der Waals surface area contributed by atoms with Crippen LogP contribution in [0.4, 0.5) is 0 Å². The molecule has 1 aliphatic heterocycles. The Morgan fingerprint density at radius 1 is 0.964 bits per heavy atom. The fraction of sp³-hybridized carbons (Fsp3) is 0.217. The molecule has 0 bridgehead atoms. The molecular weight excluding hydrogens is 352 g/mol. The third kappa shape index (κ3) is 3.96. The summed E-state index contributed by atoms with van der Waals surface area (Å²) in [6.07, 6.45) is 4.39. The number of rotatable bonds is 5. The zero-order chi connectivity index (χ0) is 19.5. The zero-order valence-electron chi connectivity index (χ0n) is 15.5. The van der Waals surface area contributed by atoms with Crippen LogP contribution in [0.15, 0.2) is 67.0 Å². The smallest absolute Gasteiger partial charge is 0.188 e. The van der Waals surface area contributed by atoms with Crippen LogP contribution in [-0.4, -0.2) is 39.3 Å². The van der Waals surface area contributed by atoms with E-state index < -0.39 is 6.61 Å². The van der Waals surface area contributed by atoms with Gasteiger partial charge in [0.25, 0.3) is 0 Å². The molecule has 5 heteroatoms. The van der Waals surface area contributed by atoms with Gasteiger partial charge in [0.05, 0.1) is 6.54 Å². The van der Waals surface area contributed by atoms with Crippen molar-refractivity contribution in [2.45, 2.75) is 19.5 Å². The molecule has 2 heterocycles. The largest absolute Gasteiger partial charge is 0.388 e. The molecule has 0 aliphatic carbocycles. The molecule has 0 atom stereocenters. The highest BCUT2D eigenvalue weighted by atomic mass is 16.3. The average molecular weight is 374 g/mol. The first-order valence-corrected chi connectivity index (χ1v) is 9.34. The van der Waals surface area contributed by atoms with Gasteiger partial charge in [0.15, 0.2) is 11.6 Å². The van der Waals surface area contributed by atoms with Gasteiger partial charge in [0, 0.05) is 43.2 Å². The maximum absolute atomic E-state index is 12.4. The second-order valence-electron chi connectivity index (χ2n) is 7.18. The lowest BCUT2D eigenvalue weighted by atomic mass is 9.99. The summed E-state index contributed by atoms with van der Waals surface area (Å²) in [4.78, 5) is 26.3. The van der Waals surface area contributed by atoms with Crippen LogP contribution in [0.1, 0.15) is 27.0 Å². The second kappa shape index (κ2) is 7.92. The number of carbonyl (C=O) groups excluding carboxylic acids is 2. The van der Waals surface area contributed by atoms with Gasteiger partial charge in [-0.05, 0) is 47.0 Å². The molecule has 2 aromatic carbocycles. The highest BCUT2D eigenvalue weighted by Gasteiger charge is 2.21. The Bertz CT molecular complexity index is 991. The molecule has 5 nitrogen and oxygen atoms in total. The van der Waals surface area contributed by atoms with E-state index in [1.807, 2.05) is 36.7 Å². The first kappa shape index (κ1) is 18.3. The summed E-state index contributed by atoms with van der Waals surface area (Å²) in [6.45, 7) is 1.15. The molecule has 1 aliphatic rings. The van der Waals surface area contributed by atoms with Crippen molar-refractivity contribution in [3.63, 3.8) is 0 Å². The number of hydrogen-bond acceptors (Lipinski definition) is 4. The third-order valence-corrected chi connectivity index (χ3v) is 5.10. The summed E-state index contributed by atoms with van der Waals surface area (Å²) in [6, 6.07) is 17.6. The number of fused-ring (bicyclic) bond motifs is 1. The number of benzene rings is 2. The first-order chi connectivity index (χ1) is 13.6. The average Bonchev–Trinajstić information content (AvgIpc) is 3.18. The zero-order valence-corrected chi connectivity index (χ0v) is 15.5. The normalized spacial score (nSPS) is 14.5. The number of hydrogen-bond donors (Lipinski definition) is 1. The Balaban J connectivity index is 1.53. The van der Waals surface area contributed by atoms with Gasteiger partial charge in [-0.2, -0.15) is 0 Å². The quantitative estimate of drug-likeness (QED) is 0.698. The molecule has 0 fully saturated rings. The summed E-state index contributed by atoms with van der Waals surface area (Å²) in [7, 11) is 0. The molecule has 3 aromatic rings. The van der Waals surface area contributed by atoms with Gasteiger partial charge in [-0.15, -0.1) is 0 Å². The first-order valence-electron chi connectivity index (χ1n) is 9.34. The molecule has 0 unspecified atom stereocenters. The van der Waals surface area contributed by atoms with Crippen LogP contribution in [0.3, 0.4) is 0 Å². The van der Waals surface area contributed by atoms with E-state index in [2.05, 4.69) is 33.7 Å². The molecule has 142 valence electrons. The van der Waals surface area contributed by atoms with Gasteiger partial charge in [-0.1, -0.05) is 24.3 Å². The van der Waals surface area contributed by atoms with E-state index in [4.69, 9.17) is 5.11 Å². The number of aromatic nitrogens is 1. The Kier molecular flexibility index (Phi) is 5.19. The summed E-state index contributed by atoms with van der Waals surface area (Å²) >= 11 is 0. The third-order valence-electron chi connectivity index (χ3n) is 5.10. The molecule has 4 rings (SSSR count).